The summed E-state index contributed by atoms with van der Waals surface area (Å²) in [5.41, 5.74) is 2.59. The summed E-state index contributed by atoms with van der Waals surface area (Å²) in [6.45, 7) is 0. The summed E-state index contributed by atoms with van der Waals surface area (Å²) in [4.78, 5) is 58.6. The van der Waals surface area contributed by atoms with Gasteiger partial charge in [-0.25, -0.2) is 0 Å². The molecule has 1 saturated carbocycles. The fourth-order valence-electron chi connectivity index (χ4n) is 7.55. The number of phenolic OH excluding ortho intramolecular Hbond substituents is 1. The maximum absolute atomic E-state index is 14.2. The Morgan fingerprint density at radius 1 is 0.721 bits per heavy atom. The molecule has 7 rings (SSSR count). The molecular formula is C33H26I2N2O6. The Kier molecular flexibility index (Phi) is 7.11. The fourth-order valence-corrected chi connectivity index (χ4v) is 8.27. The van der Waals surface area contributed by atoms with Crippen molar-refractivity contribution in [3.8, 4) is 11.5 Å². The van der Waals surface area contributed by atoms with Crippen LogP contribution in [0, 0.1) is 36.7 Å². The maximum Gasteiger partial charge on any atom is 0.238 e. The van der Waals surface area contributed by atoms with Crippen molar-refractivity contribution in [1.29, 1.82) is 0 Å². The zero-order valence-corrected chi connectivity index (χ0v) is 27.3. The predicted octanol–water partition coefficient (Wildman–Crippen LogP) is 5.66. The second-order valence-electron chi connectivity index (χ2n) is 11.4. The molecule has 3 aromatic rings. The van der Waals surface area contributed by atoms with Crippen LogP contribution in [-0.2, 0) is 19.2 Å². The van der Waals surface area contributed by atoms with Crippen LogP contribution >= 0.6 is 45.2 Å². The molecule has 1 N–H and O–H groups in total. The third-order valence-corrected chi connectivity index (χ3v) is 10.8. The van der Waals surface area contributed by atoms with E-state index in [-0.39, 0.29) is 29.4 Å². The van der Waals surface area contributed by atoms with Gasteiger partial charge in [0.15, 0.2) is 11.5 Å². The molecule has 0 spiro atoms. The number of hydrogen-bond acceptors (Lipinski definition) is 6. The largest absolute Gasteiger partial charge is 0.504 e. The van der Waals surface area contributed by atoms with Crippen molar-refractivity contribution in [3.05, 3.63) is 91.1 Å². The summed E-state index contributed by atoms with van der Waals surface area (Å²) < 4.78 is 7.24. The van der Waals surface area contributed by atoms with E-state index in [1.54, 1.807) is 42.5 Å². The monoisotopic (exact) mass is 800 g/mol. The molecule has 3 aromatic carbocycles. The zero-order chi connectivity index (χ0) is 30.2. The number of rotatable bonds is 4. The van der Waals surface area contributed by atoms with Crippen LogP contribution in [0.2, 0.25) is 0 Å². The Balaban J connectivity index is 1.33. The van der Waals surface area contributed by atoms with E-state index in [0.29, 0.717) is 35.5 Å². The van der Waals surface area contributed by atoms with E-state index in [4.69, 9.17) is 4.74 Å². The molecule has 3 fully saturated rings. The second kappa shape index (κ2) is 10.7. The number of carbonyl (C=O) groups is 4. The van der Waals surface area contributed by atoms with Crippen LogP contribution in [0.3, 0.4) is 0 Å². The molecule has 2 aliphatic carbocycles. The summed E-state index contributed by atoms with van der Waals surface area (Å²) in [6, 6.07) is 19.6. The van der Waals surface area contributed by atoms with Crippen molar-refractivity contribution in [3.63, 3.8) is 0 Å². The van der Waals surface area contributed by atoms with Crippen molar-refractivity contribution in [2.24, 2.45) is 29.6 Å². The summed E-state index contributed by atoms with van der Waals surface area (Å²) in [7, 11) is 1.46. The highest BCUT2D eigenvalue weighted by molar-refractivity contribution is 14.1. The SMILES string of the molecule is COc1ccc(C2C3=CCC4C(=O)N(c5ccc(I)cc5)C(=O)C4C3CC3C(=O)N(c4ccc(I)cc4)C(=O)C32)cc1O. The Bertz CT molecular complexity index is 1720. The average Bonchev–Trinajstić information content (AvgIpc) is 3.41. The molecule has 6 unspecified atom stereocenters. The van der Waals surface area contributed by atoms with Crippen LogP contribution in [0.4, 0.5) is 11.4 Å². The number of phenols is 1. The molecule has 43 heavy (non-hydrogen) atoms. The highest BCUT2D eigenvalue weighted by Crippen LogP contribution is 2.58. The van der Waals surface area contributed by atoms with E-state index < -0.39 is 35.5 Å². The van der Waals surface area contributed by atoms with Crippen molar-refractivity contribution in [2.45, 2.75) is 18.8 Å². The topological polar surface area (TPSA) is 104 Å². The number of aromatic hydroxyl groups is 1. The van der Waals surface area contributed by atoms with E-state index >= 15 is 0 Å². The fraction of sp³-hybridized carbons (Fsp3) is 0.273. The predicted molar refractivity (Wildman–Crippen MR) is 175 cm³/mol. The lowest BCUT2D eigenvalue weighted by molar-refractivity contribution is -0.126. The van der Waals surface area contributed by atoms with Gasteiger partial charge in [-0.15, -0.1) is 0 Å². The van der Waals surface area contributed by atoms with Gasteiger partial charge in [0.2, 0.25) is 23.6 Å². The number of amides is 4. The molecule has 0 bridgehead atoms. The summed E-state index contributed by atoms with van der Waals surface area (Å²) in [6.07, 6.45) is 2.66. The first-order chi connectivity index (χ1) is 20.7. The van der Waals surface area contributed by atoms with Crippen LogP contribution in [0.5, 0.6) is 11.5 Å². The molecule has 8 nitrogen and oxygen atoms in total. The number of imide groups is 2. The van der Waals surface area contributed by atoms with Gasteiger partial charge in [-0.2, -0.15) is 0 Å². The second-order valence-corrected chi connectivity index (χ2v) is 13.9. The van der Waals surface area contributed by atoms with Gasteiger partial charge in [0.1, 0.15) is 0 Å². The number of hydrogen-bond donors (Lipinski definition) is 1. The van der Waals surface area contributed by atoms with Crippen LogP contribution in [-0.4, -0.2) is 35.8 Å². The standard InChI is InChI=1S/C33H26I2N2O6/c1-43-26-13-2-16(14-25(26)38)27-21-11-12-22-28(32(41)36(30(22)39)19-7-3-17(34)4-8-19)23(21)15-24-29(27)33(42)37(31(24)40)20-9-5-18(35)6-10-20/h2-11,13-14,22-24,27-29,38H,12,15H2,1H3. The molecule has 10 heteroatoms. The Morgan fingerprint density at radius 3 is 1.84 bits per heavy atom. The molecule has 2 aliphatic heterocycles. The molecule has 0 radical (unpaired) electrons. The Hall–Kier alpha value is -3.26. The van der Waals surface area contributed by atoms with E-state index in [0.717, 1.165) is 12.7 Å². The molecular weight excluding hydrogens is 774 g/mol. The number of nitrogens with zero attached hydrogens (tertiary/aromatic N) is 2. The van der Waals surface area contributed by atoms with E-state index in [2.05, 4.69) is 45.2 Å². The lowest BCUT2D eigenvalue weighted by atomic mass is 9.57. The van der Waals surface area contributed by atoms with Gasteiger partial charge in [-0.05, 0) is 130 Å². The molecule has 0 aromatic heterocycles. The average molecular weight is 800 g/mol. The van der Waals surface area contributed by atoms with Crippen molar-refractivity contribution < 1.29 is 29.0 Å². The maximum atomic E-state index is 14.2. The number of halogens is 2. The van der Waals surface area contributed by atoms with Crippen molar-refractivity contribution >= 4 is 80.2 Å². The summed E-state index contributed by atoms with van der Waals surface area (Å²) in [5.74, 6) is -4.42. The smallest absolute Gasteiger partial charge is 0.238 e. The van der Waals surface area contributed by atoms with Gasteiger partial charge in [0.25, 0.3) is 0 Å². The number of benzene rings is 3. The van der Waals surface area contributed by atoms with Gasteiger partial charge in [-0.3, -0.25) is 29.0 Å². The van der Waals surface area contributed by atoms with Crippen LogP contribution in [0.15, 0.2) is 78.4 Å². The zero-order valence-electron chi connectivity index (χ0n) is 22.9. The van der Waals surface area contributed by atoms with E-state index in [1.807, 2.05) is 30.3 Å². The summed E-state index contributed by atoms with van der Waals surface area (Å²) in [5, 5.41) is 10.7. The minimum Gasteiger partial charge on any atom is -0.504 e. The quantitative estimate of drug-likeness (QED) is 0.208. The lowest BCUT2D eigenvalue weighted by Crippen LogP contribution is -2.43. The van der Waals surface area contributed by atoms with E-state index in [1.165, 1.54) is 16.9 Å². The molecule has 2 saturated heterocycles. The van der Waals surface area contributed by atoms with Gasteiger partial charge >= 0.3 is 0 Å². The number of ether oxygens (including phenoxy) is 1. The highest BCUT2D eigenvalue weighted by Gasteiger charge is 2.62. The minimum atomic E-state index is -0.710. The van der Waals surface area contributed by atoms with Crippen LogP contribution < -0.4 is 14.5 Å². The van der Waals surface area contributed by atoms with Gasteiger partial charge in [0.05, 0.1) is 42.2 Å². The number of carbonyl (C=O) groups excluding carboxylic acids is 4. The number of anilines is 2. The summed E-state index contributed by atoms with van der Waals surface area (Å²) >= 11 is 4.36. The van der Waals surface area contributed by atoms with Gasteiger partial charge in [-0.1, -0.05) is 17.7 Å². The Morgan fingerprint density at radius 2 is 1.28 bits per heavy atom. The molecule has 4 aliphatic rings. The highest BCUT2D eigenvalue weighted by atomic mass is 127. The molecule has 4 amide bonds. The number of fused-ring (bicyclic) bond motifs is 4. The number of methoxy groups -OCH3 is 1. The third-order valence-electron chi connectivity index (χ3n) is 9.38. The van der Waals surface area contributed by atoms with E-state index in [9.17, 15) is 24.3 Å². The normalized spacial score (nSPS) is 28.0. The van der Waals surface area contributed by atoms with Gasteiger partial charge < -0.3 is 9.84 Å². The Labute approximate surface area is 275 Å². The van der Waals surface area contributed by atoms with Crippen LogP contribution in [0.1, 0.15) is 24.3 Å². The number of allylic oxidation sites excluding steroid dienone is 2. The first kappa shape index (κ1) is 28.5. The lowest BCUT2D eigenvalue weighted by Gasteiger charge is -2.44. The molecule has 6 atom stereocenters. The van der Waals surface area contributed by atoms with Crippen molar-refractivity contribution in [2.75, 3.05) is 16.9 Å². The molecule has 2 heterocycles. The minimum absolute atomic E-state index is 0.0729. The molecule has 218 valence electrons. The van der Waals surface area contributed by atoms with Crippen LogP contribution in [0.25, 0.3) is 0 Å². The van der Waals surface area contributed by atoms with Gasteiger partial charge in [0, 0.05) is 13.1 Å². The van der Waals surface area contributed by atoms with Crippen molar-refractivity contribution in [1.82, 2.24) is 0 Å². The first-order valence-electron chi connectivity index (χ1n) is 14.0. The third kappa shape index (κ3) is 4.42. The first-order valence-corrected chi connectivity index (χ1v) is 16.2.